The molecule has 3 N–H and O–H groups in total. The van der Waals surface area contributed by atoms with Crippen LogP contribution in [0, 0.1) is 0 Å². The number of ether oxygens (including phenoxy) is 1. The van der Waals surface area contributed by atoms with Crippen molar-refractivity contribution in [1.82, 2.24) is 4.98 Å². The van der Waals surface area contributed by atoms with Crippen molar-refractivity contribution in [2.24, 2.45) is 0 Å². The van der Waals surface area contributed by atoms with E-state index in [1.165, 1.54) is 12.3 Å². The number of aromatic carboxylic acids is 1. The van der Waals surface area contributed by atoms with Gasteiger partial charge in [0.25, 0.3) is 0 Å². The highest BCUT2D eigenvalue weighted by Gasteiger charge is 2.10. The first-order valence-corrected chi connectivity index (χ1v) is 6.24. The zero-order valence-corrected chi connectivity index (χ0v) is 11.3. The second-order valence-electron chi connectivity index (χ2n) is 4.75. The number of aromatic nitrogens is 1. The van der Waals surface area contributed by atoms with Crippen LogP contribution in [0.3, 0.4) is 0 Å². The van der Waals surface area contributed by atoms with Crippen molar-refractivity contribution in [3.05, 3.63) is 47.7 Å². The monoisotopic (exact) mass is 272 g/mol. The number of nitrogens with two attached hydrogens (primary N) is 1. The Labute approximate surface area is 117 Å². The highest BCUT2D eigenvalue weighted by atomic mass is 16.5. The Hall–Kier alpha value is -2.56. The minimum Gasteiger partial charge on any atom is -0.478 e. The Morgan fingerprint density at radius 1 is 1.35 bits per heavy atom. The molecule has 1 aromatic carbocycles. The molecule has 1 heterocycles. The molecule has 0 aliphatic rings. The predicted molar refractivity (Wildman–Crippen MR) is 76.2 cm³/mol. The SMILES string of the molecule is CC(C)c1cccc(Oc2ncc(C(=O)O)cc2N)c1. The lowest BCUT2D eigenvalue weighted by molar-refractivity contribution is 0.0696. The summed E-state index contributed by atoms with van der Waals surface area (Å²) in [6.45, 7) is 4.18. The van der Waals surface area contributed by atoms with E-state index in [9.17, 15) is 4.79 Å². The highest BCUT2D eigenvalue weighted by molar-refractivity contribution is 5.88. The van der Waals surface area contributed by atoms with Gasteiger partial charge in [-0.3, -0.25) is 0 Å². The van der Waals surface area contributed by atoms with Gasteiger partial charge in [-0.1, -0.05) is 26.0 Å². The Balaban J connectivity index is 2.26. The zero-order chi connectivity index (χ0) is 14.7. The first kappa shape index (κ1) is 13.9. The number of nitrogen functional groups attached to an aromatic ring is 1. The molecule has 20 heavy (non-hydrogen) atoms. The van der Waals surface area contributed by atoms with Crippen LogP contribution in [0.15, 0.2) is 36.5 Å². The topological polar surface area (TPSA) is 85.4 Å². The Morgan fingerprint density at radius 3 is 2.70 bits per heavy atom. The molecule has 5 heteroatoms. The summed E-state index contributed by atoms with van der Waals surface area (Å²) in [5.41, 5.74) is 7.12. The van der Waals surface area contributed by atoms with Crippen LogP contribution in [0.1, 0.15) is 35.7 Å². The van der Waals surface area contributed by atoms with Crippen LogP contribution in [0.2, 0.25) is 0 Å². The van der Waals surface area contributed by atoms with E-state index in [1.54, 1.807) is 6.07 Å². The lowest BCUT2D eigenvalue weighted by Crippen LogP contribution is -2.02. The van der Waals surface area contributed by atoms with Crippen molar-refractivity contribution in [3.63, 3.8) is 0 Å². The summed E-state index contributed by atoms with van der Waals surface area (Å²) in [5, 5.41) is 8.85. The summed E-state index contributed by atoms with van der Waals surface area (Å²) < 4.78 is 5.61. The second kappa shape index (κ2) is 5.61. The van der Waals surface area contributed by atoms with E-state index in [2.05, 4.69) is 18.8 Å². The number of carboxylic acids is 1. The molecule has 0 bridgehead atoms. The molecule has 0 saturated carbocycles. The number of hydrogen-bond acceptors (Lipinski definition) is 4. The molecular weight excluding hydrogens is 256 g/mol. The molecule has 0 amide bonds. The van der Waals surface area contributed by atoms with Crippen molar-refractivity contribution >= 4 is 11.7 Å². The number of pyridine rings is 1. The van der Waals surface area contributed by atoms with Crippen molar-refractivity contribution < 1.29 is 14.6 Å². The molecule has 0 atom stereocenters. The molecule has 0 spiro atoms. The Kier molecular flexibility index (Phi) is 3.89. The summed E-state index contributed by atoms with van der Waals surface area (Å²) >= 11 is 0. The molecule has 1 aromatic heterocycles. The van der Waals surface area contributed by atoms with Gasteiger partial charge in [0.1, 0.15) is 5.75 Å². The smallest absolute Gasteiger partial charge is 0.337 e. The van der Waals surface area contributed by atoms with Crippen LogP contribution in [0.5, 0.6) is 11.6 Å². The largest absolute Gasteiger partial charge is 0.478 e. The maximum Gasteiger partial charge on any atom is 0.337 e. The van der Waals surface area contributed by atoms with Gasteiger partial charge in [0, 0.05) is 6.20 Å². The Bertz CT molecular complexity index is 639. The third-order valence-corrected chi connectivity index (χ3v) is 2.87. The summed E-state index contributed by atoms with van der Waals surface area (Å²) in [7, 11) is 0. The Morgan fingerprint density at radius 2 is 2.10 bits per heavy atom. The van der Waals surface area contributed by atoms with Crippen LogP contribution in [0.4, 0.5) is 5.69 Å². The normalized spacial score (nSPS) is 10.6. The molecule has 2 rings (SSSR count). The quantitative estimate of drug-likeness (QED) is 0.892. The number of anilines is 1. The van der Waals surface area contributed by atoms with E-state index >= 15 is 0 Å². The number of benzene rings is 1. The standard InChI is InChI=1S/C15H16N2O3/c1-9(2)10-4-3-5-12(6-10)20-14-13(16)7-11(8-17-14)15(18)19/h3-9H,16H2,1-2H3,(H,18,19). The molecule has 5 nitrogen and oxygen atoms in total. The molecule has 0 fully saturated rings. The van der Waals surface area contributed by atoms with Crippen LogP contribution in [-0.2, 0) is 0 Å². The molecule has 2 aromatic rings. The number of hydrogen-bond donors (Lipinski definition) is 2. The maximum absolute atomic E-state index is 10.8. The van der Waals surface area contributed by atoms with Gasteiger partial charge < -0.3 is 15.6 Å². The number of carboxylic acid groups (broad SMARTS) is 1. The minimum absolute atomic E-state index is 0.0331. The van der Waals surface area contributed by atoms with E-state index in [0.717, 1.165) is 5.56 Å². The fourth-order valence-corrected chi connectivity index (χ4v) is 1.72. The summed E-state index contributed by atoms with van der Waals surface area (Å²) in [5.74, 6) is 0.144. The van der Waals surface area contributed by atoms with Gasteiger partial charge in [0.05, 0.1) is 11.3 Å². The van der Waals surface area contributed by atoms with E-state index < -0.39 is 5.97 Å². The second-order valence-corrected chi connectivity index (χ2v) is 4.75. The first-order valence-electron chi connectivity index (χ1n) is 6.24. The third kappa shape index (κ3) is 3.06. The van der Waals surface area contributed by atoms with Gasteiger partial charge in [-0.15, -0.1) is 0 Å². The van der Waals surface area contributed by atoms with Gasteiger partial charge in [-0.05, 0) is 29.7 Å². The number of rotatable bonds is 4. The lowest BCUT2D eigenvalue weighted by atomic mass is 10.0. The van der Waals surface area contributed by atoms with Gasteiger partial charge >= 0.3 is 5.97 Å². The molecule has 0 radical (unpaired) electrons. The average molecular weight is 272 g/mol. The molecule has 0 aliphatic heterocycles. The van der Waals surface area contributed by atoms with Gasteiger partial charge in [-0.25, -0.2) is 9.78 Å². The number of nitrogens with zero attached hydrogens (tertiary/aromatic N) is 1. The molecular formula is C15H16N2O3. The summed E-state index contributed by atoms with van der Waals surface area (Å²) in [6, 6.07) is 8.96. The fraction of sp³-hybridized carbons (Fsp3) is 0.200. The van der Waals surface area contributed by atoms with Crippen molar-refractivity contribution in [2.75, 3.05) is 5.73 Å². The molecule has 104 valence electrons. The third-order valence-electron chi connectivity index (χ3n) is 2.87. The molecule has 0 unspecified atom stereocenters. The van der Waals surface area contributed by atoms with E-state index in [1.807, 2.05) is 18.2 Å². The van der Waals surface area contributed by atoms with Crippen molar-refractivity contribution in [1.29, 1.82) is 0 Å². The van der Waals surface area contributed by atoms with Gasteiger partial charge in [-0.2, -0.15) is 0 Å². The van der Waals surface area contributed by atoms with Gasteiger partial charge in [0.2, 0.25) is 5.88 Å². The van der Waals surface area contributed by atoms with Crippen LogP contribution in [-0.4, -0.2) is 16.1 Å². The molecule has 0 saturated heterocycles. The summed E-state index contributed by atoms with van der Waals surface area (Å²) in [6.07, 6.45) is 1.22. The minimum atomic E-state index is -1.07. The van der Waals surface area contributed by atoms with Crippen LogP contribution in [0.25, 0.3) is 0 Å². The highest BCUT2D eigenvalue weighted by Crippen LogP contribution is 2.27. The average Bonchev–Trinajstić information content (AvgIpc) is 2.41. The molecule has 0 aliphatic carbocycles. The van der Waals surface area contributed by atoms with Gasteiger partial charge in [0.15, 0.2) is 0 Å². The zero-order valence-electron chi connectivity index (χ0n) is 11.3. The van der Waals surface area contributed by atoms with Crippen LogP contribution < -0.4 is 10.5 Å². The van der Waals surface area contributed by atoms with E-state index in [0.29, 0.717) is 11.7 Å². The number of carbonyl (C=O) groups is 1. The van der Waals surface area contributed by atoms with E-state index in [4.69, 9.17) is 15.6 Å². The van der Waals surface area contributed by atoms with Crippen LogP contribution >= 0.6 is 0 Å². The predicted octanol–water partition coefficient (Wildman–Crippen LogP) is 3.28. The first-order chi connectivity index (χ1) is 9.47. The lowest BCUT2D eigenvalue weighted by Gasteiger charge is -2.10. The summed E-state index contributed by atoms with van der Waals surface area (Å²) in [4.78, 5) is 14.7. The van der Waals surface area contributed by atoms with Crippen molar-refractivity contribution in [2.45, 2.75) is 19.8 Å². The fourth-order valence-electron chi connectivity index (χ4n) is 1.72. The maximum atomic E-state index is 10.8. The van der Waals surface area contributed by atoms with Crippen molar-refractivity contribution in [3.8, 4) is 11.6 Å². The van der Waals surface area contributed by atoms with E-state index in [-0.39, 0.29) is 17.1 Å².